The molecule has 2 rings (SSSR count). The zero-order valence-electron chi connectivity index (χ0n) is 12.0. The molecule has 1 aliphatic rings. The molecule has 1 saturated heterocycles. The smallest absolute Gasteiger partial charge is 0.227 e. The number of nitrogens with zero attached hydrogens (tertiary/aromatic N) is 1. The number of amides is 1. The van der Waals surface area contributed by atoms with Gasteiger partial charge in [0.15, 0.2) is 5.11 Å². The van der Waals surface area contributed by atoms with Gasteiger partial charge in [0.2, 0.25) is 5.91 Å². The Morgan fingerprint density at radius 2 is 2.25 bits per heavy atom. The van der Waals surface area contributed by atoms with Crippen LogP contribution in [0.4, 0.5) is 11.4 Å². The topological polar surface area (TPSA) is 44.4 Å². The Hall–Kier alpha value is -1.62. The van der Waals surface area contributed by atoms with E-state index in [1.165, 1.54) is 0 Å². The normalized spacial score (nSPS) is 14.5. The minimum atomic E-state index is 0.217. The van der Waals surface area contributed by atoms with Crippen LogP contribution in [-0.2, 0) is 4.79 Å². The van der Waals surface area contributed by atoms with E-state index < -0.39 is 0 Å². The minimum absolute atomic E-state index is 0.217. The number of hydrogen-bond donors (Lipinski definition) is 2. The largest absolute Gasteiger partial charge is 0.362 e. The van der Waals surface area contributed by atoms with Gasteiger partial charge in [0.1, 0.15) is 0 Å². The number of nitrogens with one attached hydrogen (secondary N) is 2. The van der Waals surface area contributed by atoms with Crippen LogP contribution in [0.2, 0.25) is 0 Å². The van der Waals surface area contributed by atoms with Gasteiger partial charge in [-0.2, -0.15) is 0 Å². The third kappa shape index (κ3) is 3.48. The summed E-state index contributed by atoms with van der Waals surface area (Å²) in [5.74, 6) is 0.217. The van der Waals surface area contributed by atoms with Crippen LogP contribution in [-0.4, -0.2) is 24.1 Å². The Bertz CT molecular complexity index is 516. The van der Waals surface area contributed by atoms with Gasteiger partial charge in [-0.05, 0) is 55.7 Å². The molecule has 1 heterocycles. The van der Waals surface area contributed by atoms with E-state index in [0.717, 1.165) is 42.9 Å². The van der Waals surface area contributed by atoms with Crippen molar-refractivity contribution in [2.24, 2.45) is 0 Å². The Morgan fingerprint density at radius 1 is 1.45 bits per heavy atom. The van der Waals surface area contributed by atoms with Crippen LogP contribution in [0.15, 0.2) is 18.2 Å². The van der Waals surface area contributed by atoms with Gasteiger partial charge < -0.3 is 15.5 Å². The fourth-order valence-electron chi connectivity index (χ4n) is 2.35. The Kier molecular flexibility index (Phi) is 4.95. The monoisotopic (exact) mass is 291 g/mol. The third-order valence-corrected chi connectivity index (χ3v) is 3.60. The van der Waals surface area contributed by atoms with Gasteiger partial charge in [-0.1, -0.05) is 6.92 Å². The van der Waals surface area contributed by atoms with Crippen LogP contribution in [0.3, 0.4) is 0 Å². The van der Waals surface area contributed by atoms with E-state index in [0.29, 0.717) is 11.5 Å². The van der Waals surface area contributed by atoms with Gasteiger partial charge in [-0.25, -0.2) is 0 Å². The first-order valence-electron chi connectivity index (χ1n) is 7.07. The molecule has 4 nitrogen and oxygen atoms in total. The molecule has 1 amide bonds. The van der Waals surface area contributed by atoms with Crippen molar-refractivity contribution in [3.8, 4) is 0 Å². The number of hydrogen-bond acceptors (Lipinski definition) is 2. The molecule has 0 saturated carbocycles. The molecule has 1 fully saturated rings. The third-order valence-electron chi connectivity index (χ3n) is 3.35. The second-order valence-electron chi connectivity index (χ2n) is 5.03. The highest BCUT2D eigenvalue weighted by molar-refractivity contribution is 7.80. The lowest BCUT2D eigenvalue weighted by Gasteiger charge is -2.19. The van der Waals surface area contributed by atoms with Crippen LogP contribution in [0.25, 0.3) is 0 Å². The Labute approximate surface area is 125 Å². The number of aryl methyl sites for hydroxylation is 1. The summed E-state index contributed by atoms with van der Waals surface area (Å²) in [6.07, 6.45) is 2.64. The van der Waals surface area contributed by atoms with Gasteiger partial charge in [0, 0.05) is 30.9 Å². The fourth-order valence-corrected chi connectivity index (χ4v) is 2.57. The quantitative estimate of drug-likeness (QED) is 0.837. The summed E-state index contributed by atoms with van der Waals surface area (Å²) >= 11 is 5.22. The first-order chi connectivity index (χ1) is 9.61. The number of rotatable bonds is 4. The number of thiocarbonyl (C=S) groups is 1. The molecule has 0 radical (unpaired) electrons. The average Bonchev–Trinajstić information content (AvgIpc) is 2.83. The molecule has 0 unspecified atom stereocenters. The van der Waals surface area contributed by atoms with Crippen LogP contribution in [0, 0.1) is 6.92 Å². The lowest BCUT2D eigenvalue weighted by molar-refractivity contribution is -0.117. The summed E-state index contributed by atoms with van der Waals surface area (Å²) in [7, 11) is 0. The van der Waals surface area contributed by atoms with Crippen molar-refractivity contribution in [3.63, 3.8) is 0 Å². The average molecular weight is 291 g/mol. The summed E-state index contributed by atoms with van der Waals surface area (Å²) in [6, 6.07) is 5.98. The maximum absolute atomic E-state index is 11.8. The Morgan fingerprint density at radius 3 is 2.85 bits per heavy atom. The van der Waals surface area contributed by atoms with Crippen molar-refractivity contribution in [3.05, 3.63) is 23.8 Å². The molecule has 1 aromatic carbocycles. The highest BCUT2D eigenvalue weighted by Crippen LogP contribution is 2.27. The standard InChI is InChI=1S/C15H21N3OS/c1-3-8-16-15(20)17-12-6-7-13(11(2)10-12)18-9-4-5-14(18)19/h6-7,10H,3-5,8-9H2,1-2H3,(H2,16,17,20). The maximum atomic E-state index is 11.8. The summed E-state index contributed by atoms with van der Waals surface area (Å²) in [6.45, 7) is 5.81. The number of carbonyl (C=O) groups is 1. The van der Waals surface area contributed by atoms with Gasteiger partial charge >= 0.3 is 0 Å². The zero-order chi connectivity index (χ0) is 14.5. The second kappa shape index (κ2) is 6.70. The van der Waals surface area contributed by atoms with E-state index in [2.05, 4.69) is 17.6 Å². The van der Waals surface area contributed by atoms with Crippen LogP contribution >= 0.6 is 12.2 Å². The van der Waals surface area contributed by atoms with Crippen LogP contribution in [0.5, 0.6) is 0 Å². The highest BCUT2D eigenvalue weighted by atomic mass is 32.1. The second-order valence-corrected chi connectivity index (χ2v) is 5.44. The van der Waals surface area contributed by atoms with Gasteiger partial charge in [-0.3, -0.25) is 4.79 Å². The Balaban J connectivity index is 2.06. The number of carbonyl (C=O) groups excluding carboxylic acids is 1. The first-order valence-corrected chi connectivity index (χ1v) is 7.48. The van der Waals surface area contributed by atoms with Crippen molar-refractivity contribution in [1.29, 1.82) is 0 Å². The molecule has 0 spiro atoms. The van der Waals surface area contributed by atoms with Gasteiger partial charge in [0.05, 0.1) is 0 Å². The van der Waals surface area contributed by atoms with E-state index in [-0.39, 0.29) is 5.91 Å². The molecule has 2 N–H and O–H groups in total. The lowest BCUT2D eigenvalue weighted by atomic mass is 10.1. The van der Waals surface area contributed by atoms with Crippen LogP contribution < -0.4 is 15.5 Å². The summed E-state index contributed by atoms with van der Waals surface area (Å²) in [4.78, 5) is 13.7. The number of anilines is 2. The van der Waals surface area contributed by atoms with Crippen molar-refractivity contribution in [2.75, 3.05) is 23.3 Å². The predicted octanol–water partition coefficient (Wildman–Crippen LogP) is 2.82. The molecule has 5 heteroatoms. The zero-order valence-corrected chi connectivity index (χ0v) is 12.8. The molecule has 0 aliphatic carbocycles. The minimum Gasteiger partial charge on any atom is -0.362 e. The van der Waals surface area contributed by atoms with Gasteiger partial charge in [-0.15, -0.1) is 0 Å². The summed E-state index contributed by atoms with van der Waals surface area (Å²) in [5.41, 5.74) is 3.04. The highest BCUT2D eigenvalue weighted by Gasteiger charge is 2.22. The van der Waals surface area contributed by atoms with Crippen molar-refractivity contribution >= 4 is 34.6 Å². The molecular weight excluding hydrogens is 270 g/mol. The molecular formula is C15H21N3OS. The summed E-state index contributed by atoms with van der Waals surface area (Å²) < 4.78 is 0. The maximum Gasteiger partial charge on any atom is 0.227 e. The lowest BCUT2D eigenvalue weighted by Crippen LogP contribution is -2.29. The van der Waals surface area contributed by atoms with E-state index in [9.17, 15) is 4.79 Å². The van der Waals surface area contributed by atoms with Crippen molar-refractivity contribution < 1.29 is 4.79 Å². The summed E-state index contributed by atoms with van der Waals surface area (Å²) in [5, 5.41) is 6.93. The van der Waals surface area contributed by atoms with E-state index in [1.54, 1.807) is 0 Å². The molecule has 20 heavy (non-hydrogen) atoms. The molecule has 1 aromatic rings. The molecule has 0 atom stereocenters. The van der Waals surface area contributed by atoms with E-state index in [1.807, 2.05) is 30.0 Å². The molecule has 0 aromatic heterocycles. The molecule has 1 aliphatic heterocycles. The predicted molar refractivity (Wildman–Crippen MR) is 87.3 cm³/mol. The molecule has 108 valence electrons. The van der Waals surface area contributed by atoms with Crippen LogP contribution in [0.1, 0.15) is 31.7 Å². The van der Waals surface area contributed by atoms with E-state index in [4.69, 9.17) is 12.2 Å². The van der Waals surface area contributed by atoms with E-state index >= 15 is 0 Å². The fraction of sp³-hybridized carbons (Fsp3) is 0.467. The number of benzene rings is 1. The first kappa shape index (κ1) is 14.8. The van der Waals surface area contributed by atoms with Gasteiger partial charge in [0.25, 0.3) is 0 Å². The molecule has 0 bridgehead atoms. The van der Waals surface area contributed by atoms with Crippen molar-refractivity contribution in [2.45, 2.75) is 33.1 Å². The SMILES string of the molecule is CCCNC(=S)Nc1ccc(N2CCCC2=O)c(C)c1. The van der Waals surface area contributed by atoms with Crippen molar-refractivity contribution in [1.82, 2.24) is 5.32 Å².